The molecule has 0 unspecified atom stereocenters. The topological polar surface area (TPSA) is 38.8 Å². The summed E-state index contributed by atoms with van der Waals surface area (Å²) in [5.41, 5.74) is 1.44. The molecule has 5 heteroatoms. The average molecular weight is 334 g/mol. The van der Waals surface area contributed by atoms with Gasteiger partial charge in [-0.05, 0) is 30.7 Å². The summed E-state index contributed by atoms with van der Waals surface area (Å²) < 4.78 is 10.5. The lowest BCUT2D eigenvalue weighted by Gasteiger charge is -2.22. The molecular weight excluding hydrogens is 314 g/mol. The Morgan fingerprint density at radius 2 is 1.70 bits per heavy atom. The molecule has 1 amide bonds. The molecule has 0 aromatic heterocycles. The molecule has 0 N–H and O–H groups in total. The maximum Gasteiger partial charge on any atom is 0.254 e. The van der Waals surface area contributed by atoms with Crippen molar-refractivity contribution >= 4 is 17.5 Å². The summed E-state index contributed by atoms with van der Waals surface area (Å²) in [5.74, 6) is 1.08. The van der Waals surface area contributed by atoms with Gasteiger partial charge in [-0.3, -0.25) is 4.79 Å². The third-order valence-corrected chi connectivity index (χ3v) is 3.96. The Hall–Kier alpha value is -2.20. The van der Waals surface area contributed by atoms with Crippen LogP contribution >= 0.6 is 11.6 Å². The number of rotatable bonds is 6. The smallest absolute Gasteiger partial charge is 0.254 e. The zero-order chi connectivity index (χ0) is 16.8. The molecule has 0 spiro atoms. The van der Waals surface area contributed by atoms with Crippen LogP contribution in [-0.2, 0) is 6.54 Å². The Kier molecular flexibility index (Phi) is 5.88. The zero-order valence-corrected chi connectivity index (χ0v) is 14.3. The Bertz CT molecular complexity index is 665. The van der Waals surface area contributed by atoms with Crippen molar-refractivity contribution in [1.82, 2.24) is 4.90 Å². The first kappa shape index (κ1) is 17.2. The highest BCUT2D eigenvalue weighted by molar-refractivity contribution is 6.31. The highest BCUT2D eigenvalue weighted by Gasteiger charge is 2.17. The summed E-state index contributed by atoms with van der Waals surface area (Å²) in [7, 11) is 3.12. The Morgan fingerprint density at radius 3 is 2.22 bits per heavy atom. The molecule has 0 radical (unpaired) electrons. The first-order valence-corrected chi connectivity index (χ1v) is 7.72. The van der Waals surface area contributed by atoms with E-state index in [1.807, 2.05) is 31.2 Å². The lowest BCUT2D eigenvalue weighted by atomic mass is 10.1. The van der Waals surface area contributed by atoms with Crippen LogP contribution in [0, 0.1) is 0 Å². The molecule has 4 nitrogen and oxygen atoms in total. The van der Waals surface area contributed by atoms with Gasteiger partial charge in [-0.15, -0.1) is 0 Å². The molecule has 23 heavy (non-hydrogen) atoms. The molecule has 0 aliphatic rings. The van der Waals surface area contributed by atoms with E-state index in [4.69, 9.17) is 21.1 Å². The number of ether oxygens (including phenoxy) is 2. The lowest BCUT2D eigenvalue weighted by molar-refractivity contribution is 0.0752. The Balaban J connectivity index is 2.28. The number of hydrogen-bond acceptors (Lipinski definition) is 3. The standard InChI is InChI=1S/C18H20ClNO3/c1-4-20(12-13-7-5-6-8-17(13)19)18(21)14-9-15(22-2)11-16(10-14)23-3/h5-11H,4,12H2,1-3H3. The van der Waals surface area contributed by atoms with E-state index in [2.05, 4.69) is 0 Å². The second kappa shape index (κ2) is 7.88. The van der Waals surface area contributed by atoms with Gasteiger partial charge in [0.05, 0.1) is 14.2 Å². The van der Waals surface area contributed by atoms with Crippen molar-refractivity contribution in [3.05, 3.63) is 58.6 Å². The summed E-state index contributed by atoms with van der Waals surface area (Å²) in [6, 6.07) is 12.7. The van der Waals surface area contributed by atoms with Gasteiger partial charge in [0.15, 0.2) is 0 Å². The maximum absolute atomic E-state index is 12.8. The van der Waals surface area contributed by atoms with E-state index in [0.717, 1.165) is 5.56 Å². The summed E-state index contributed by atoms with van der Waals surface area (Å²) in [4.78, 5) is 14.5. The summed E-state index contributed by atoms with van der Waals surface area (Å²) in [6.07, 6.45) is 0. The normalized spacial score (nSPS) is 10.3. The summed E-state index contributed by atoms with van der Waals surface area (Å²) in [6.45, 7) is 2.96. The van der Waals surface area contributed by atoms with Crippen LogP contribution in [-0.4, -0.2) is 31.6 Å². The van der Waals surface area contributed by atoms with E-state index in [1.165, 1.54) is 0 Å². The molecule has 0 aliphatic heterocycles. The van der Waals surface area contributed by atoms with Crippen LogP contribution in [0.1, 0.15) is 22.8 Å². The van der Waals surface area contributed by atoms with Gasteiger partial charge in [0.25, 0.3) is 5.91 Å². The molecule has 122 valence electrons. The predicted octanol–water partition coefficient (Wildman–Crippen LogP) is 4.02. The molecule has 0 heterocycles. The van der Waals surface area contributed by atoms with Crippen LogP contribution < -0.4 is 9.47 Å². The number of hydrogen-bond donors (Lipinski definition) is 0. The fourth-order valence-electron chi connectivity index (χ4n) is 2.27. The van der Waals surface area contributed by atoms with E-state index in [-0.39, 0.29) is 5.91 Å². The average Bonchev–Trinajstić information content (AvgIpc) is 2.59. The van der Waals surface area contributed by atoms with Crippen molar-refractivity contribution in [3.8, 4) is 11.5 Å². The SMILES string of the molecule is CCN(Cc1ccccc1Cl)C(=O)c1cc(OC)cc(OC)c1. The summed E-state index contributed by atoms with van der Waals surface area (Å²) in [5, 5.41) is 0.655. The van der Waals surface area contributed by atoms with Gasteiger partial charge >= 0.3 is 0 Å². The van der Waals surface area contributed by atoms with Crippen LogP contribution in [0.15, 0.2) is 42.5 Å². The van der Waals surface area contributed by atoms with Crippen LogP contribution in [0.5, 0.6) is 11.5 Å². The number of amides is 1. The van der Waals surface area contributed by atoms with Crippen molar-refractivity contribution in [2.75, 3.05) is 20.8 Å². The van der Waals surface area contributed by atoms with E-state index in [1.54, 1.807) is 37.3 Å². The molecule has 2 aromatic carbocycles. The largest absolute Gasteiger partial charge is 0.497 e. The van der Waals surface area contributed by atoms with Crippen molar-refractivity contribution < 1.29 is 14.3 Å². The van der Waals surface area contributed by atoms with Gasteiger partial charge in [-0.2, -0.15) is 0 Å². The molecule has 0 atom stereocenters. The third-order valence-electron chi connectivity index (χ3n) is 3.59. The molecule has 0 fully saturated rings. The number of benzene rings is 2. The highest BCUT2D eigenvalue weighted by atomic mass is 35.5. The monoisotopic (exact) mass is 333 g/mol. The lowest BCUT2D eigenvalue weighted by Crippen LogP contribution is -2.30. The van der Waals surface area contributed by atoms with Crippen molar-refractivity contribution in [2.24, 2.45) is 0 Å². The zero-order valence-electron chi connectivity index (χ0n) is 13.5. The third kappa shape index (κ3) is 4.17. The minimum atomic E-state index is -0.0929. The van der Waals surface area contributed by atoms with Gasteiger partial charge < -0.3 is 14.4 Å². The highest BCUT2D eigenvalue weighted by Crippen LogP contribution is 2.24. The van der Waals surface area contributed by atoms with Gasteiger partial charge in [-0.1, -0.05) is 29.8 Å². The Morgan fingerprint density at radius 1 is 1.09 bits per heavy atom. The number of nitrogens with zero attached hydrogens (tertiary/aromatic N) is 1. The van der Waals surface area contributed by atoms with Crippen LogP contribution in [0.4, 0.5) is 0 Å². The second-order valence-electron chi connectivity index (χ2n) is 5.01. The van der Waals surface area contributed by atoms with Crippen LogP contribution in [0.25, 0.3) is 0 Å². The van der Waals surface area contributed by atoms with Gasteiger partial charge in [0, 0.05) is 29.7 Å². The number of methoxy groups -OCH3 is 2. The Labute approximate surface area is 141 Å². The number of carbonyl (C=O) groups is 1. The second-order valence-corrected chi connectivity index (χ2v) is 5.42. The fraction of sp³-hybridized carbons (Fsp3) is 0.278. The fourth-order valence-corrected chi connectivity index (χ4v) is 2.47. The molecule has 0 bridgehead atoms. The minimum absolute atomic E-state index is 0.0929. The van der Waals surface area contributed by atoms with Crippen LogP contribution in [0.2, 0.25) is 5.02 Å². The molecule has 0 aliphatic carbocycles. The first-order valence-electron chi connectivity index (χ1n) is 7.34. The number of halogens is 1. The van der Waals surface area contributed by atoms with Crippen molar-refractivity contribution in [2.45, 2.75) is 13.5 Å². The number of carbonyl (C=O) groups excluding carboxylic acids is 1. The minimum Gasteiger partial charge on any atom is -0.497 e. The van der Waals surface area contributed by atoms with Gasteiger partial charge in [-0.25, -0.2) is 0 Å². The van der Waals surface area contributed by atoms with Crippen LogP contribution in [0.3, 0.4) is 0 Å². The predicted molar refractivity (Wildman–Crippen MR) is 91.4 cm³/mol. The van der Waals surface area contributed by atoms with Crippen molar-refractivity contribution in [1.29, 1.82) is 0 Å². The summed E-state index contributed by atoms with van der Waals surface area (Å²) >= 11 is 6.19. The molecule has 0 saturated carbocycles. The van der Waals surface area contributed by atoms with E-state index in [9.17, 15) is 4.79 Å². The molecule has 2 aromatic rings. The van der Waals surface area contributed by atoms with Crippen molar-refractivity contribution in [3.63, 3.8) is 0 Å². The van der Waals surface area contributed by atoms with E-state index in [0.29, 0.717) is 35.2 Å². The van der Waals surface area contributed by atoms with E-state index < -0.39 is 0 Å². The molecule has 2 rings (SSSR count). The first-order chi connectivity index (χ1) is 11.1. The quantitative estimate of drug-likeness (QED) is 0.801. The van der Waals surface area contributed by atoms with Gasteiger partial charge in [0.2, 0.25) is 0 Å². The van der Waals surface area contributed by atoms with E-state index >= 15 is 0 Å². The molecular formula is C18H20ClNO3. The molecule has 0 saturated heterocycles. The van der Waals surface area contributed by atoms with Gasteiger partial charge in [0.1, 0.15) is 11.5 Å². The maximum atomic E-state index is 12.8.